The maximum atomic E-state index is 14.5. The number of hydrogen-bond donors (Lipinski definition) is 2. The van der Waals surface area contributed by atoms with E-state index in [2.05, 4.69) is 10.6 Å². The Balaban J connectivity index is 2.72. The molecule has 0 bridgehead atoms. The molecule has 8 heteroatoms. The summed E-state index contributed by atoms with van der Waals surface area (Å²) in [5.74, 6) is -0.990. The number of nitrogens with one attached hydrogen (secondary N) is 2. The fourth-order valence-corrected chi connectivity index (χ4v) is 4.82. The number of carbonyl (C=O) groups is 3. The van der Waals surface area contributed by atoms with E-state index in [0.717, 1.165) is 16.7 Å². The summed E-state index contributed by atoms with van der Waals surface area (Å²) in [4.78, 5) is 43.3. The van der Waals surface area contributed by atoms with Crippen LogP contribution < -0.4 is 10.6 Å². The van der Waals surface area contributed by atoms with Gasteiger partial charge in [0, 0.05) is 5.54 Å². The predicted molar refractivity (Wildman–Crippen MR) is 163 cm³/mol. The van der Waals surface area contributed by atoms with Gasteiger partial charge in [0.2, 0.25) is 5.91 Å². The molecule has 0 aliphatic rings. The molecule has 0 aliphatic carbocycles. The molecule has 7 nitrogen and oxygen atoms in total. The molecule has 220 valence electrons. The van der Waals surface area contributed by atoms with Crippen molar-refractivity contribution in [1.29, 1.82) is 0 Å². The third kappa shape index (κ3) is 8.47. The van der Waals surface area contributed by atoms with Crippen LogP contribution in [0.25, 0.3) is 0 Å². The molecule has 0 fully saturated rings. The highest BCUT2D eigenvalue weighted by Crippen LogP contribution is 2.35. The van der Waals surface area contributed by atoms with Gasteiger partial charge in [-0.2, -0.15) is 0 Å². The van der Waals surface area contributed by atoms with Gasteiger partial charge in [-0.25, -0.2) is 4.79 Å². The summed E-state index contributed by atoms with van der Waals surface area (Å²) in [5, 5.41) is 6.23. The van der Waals surface area contributed by atoms with Gasteiger partial charge in [-0.05, 0) is 91.0 Å². The van der Waals surface area contributed by atoms with Crippen LogP contribution in [-0.4, -0.2) is 40.0 Å². The summed E-state index contributed by atoms with van der Waals surface area (Å²) in [6.45, 7) is 20.6. The number of para-hydroxylation sites is 1. The summed E-state index contributed by atoms with van der Waals surface area (Å²) in [6.07, 6.45) is -0.0528. The van der Waals surface area contributed by atoms with E-state index in [4.69, 9.17) is 16.3 Å². The molecule has 3 amide bonds. The molecule has 40 heavy (non-hydrogen) atoms. The van der Waals surface area contributed by atoms with E-state index in [-0.39, 0.29) is 11.8 Å². The summed E-state index contributed by atoms with van der Waals surface area (Å²) in [5.41, 5.74) is 2.29. The Kier molecular flexibility index (Phi) is 10.8. The van der Waals surface area contributed by atoms with Gasteiger partial charge in [0.05, 0.1) is 10.7 Å². The third-order valence-corrected chi connectivity index (χ3v) is 7.13. The molecule has 0 saturated carbocycles. The molecule has 0 radical (unpaired) electrons. The predicted octanol–water partition coefficient (Wildman–Crippen LogP) is 7.51. The van der Waals surface area contributed by atoms with Gasteiger partial charge in [-0.3, -0.25) is 9.59 Å². The lowest BCUT2D eigenvalue weighted by Gasteiger charge is -2.44. The Morgan fingerprint density at radius 1 is 0.975 bits per heavy atom. The zero-order valence-electron chi connectivity index (χ0n) is 25.9. The fourth-order valence-electron chi connectivity index (χ4n) is 4.55. The number of carbonyl (C=O) groups excluding carboxylic acids is 3. The number of rotatable bonds is 8. The Hall–Kier alpha value is -3.06. The van der Waals surface area contributed by atoms with Gasteiger partial charge >= 0.3 is 6.09 Å². The highest BCUT2D eigenvalue weighted by atomic mass is 35.5. The van der Waals surface area contributed by atoms with Crippen molar-refractivity contribution in [2.24, 2.45) is 5.92 Å². The smallest absolute Gasteiger partial charge is 0.408 e. The van der Waals surface area contributed by atoms with E-state index in [1.807, 2.05) is 85.7 Å². The molecule has 2 rings (SSSR count). The van der Waals surface area contributed by atoms with Crippen molar-refractivity contribution >= 4 is 35.2 Å². The van der Waals surface area contributed by atoms with Crippen LogP contribution in [0.15, 0.2) is 36.4 Å². The molecule has 0 aliphatic heterocycles. The zero-order chi connectivity index (χ0) is 30.6. The van der Waals surface area contributed by atoms with Crippen molar-refractivity contribution in [1.82, 2.24) is 10.2 Å². The minimum absolute atomic E-state index is 0.224. The van der Waals surface area contributed by atoms with E-state index in [1.165, 1.54) is 0 Å². The standard InChI is InChI=1S/C32H46ClN3O4/c1-12-20(3)26(35-30(39)40-32(9,10)11)29(38)36(31(6,7)8)27(23-18-19(2)16-17-21(23)4)28(37)34-25-22(5)14-13-15-24(25)33/h13-18,20,26-27H,12H2,1-11H3,(H,34,37)(H,35,39). The van der Waals surface area contributed by atoms with Gasteiger partial charge in [-0.1, -0.05) is 67.8 Å². The van der Waals surface area contributed by atoms with Gasteiger partial charge in [0.1, 0.15) is 17.7 Å². The van der Waals surface area contributed by atoms with Gasteiger partial charge in [-0.15, -0.1) is 0 Å². The Bertz CT molecular complexity index is 1210. The van der Waals surface area contributed by atoms with E-state index in [0.29, 0.717) is 22.7 Å². The second kappa shape index (κ2) is 13.1. The maximum Gasteiger partial charge on any atom is 0.408 e. The van der Waals surface area contributed by atoms with Crippen LogP contribution >= 0.6 is 11.6 Å². The number of amides is 3. The highest BCUT2D eigenvalue weighted by Gasteiger charge is 2.43. The molecular formula is C32H46ClN3O4. The second-order valence-corrected chi connectivity index (χ2v) is 13.0. The van der Waals surface area contributed by atoms with Crippen LogP contribution in [0, 0.1) is 26.7 Å². The van der Waals surface area contributed by atoms with Crippen LogP contribution in [0.5, 0.6) is 0 Å². The Morgan fingerprint density at radius 2 is 1.60 bits per heavy atom. The number of aryl methyl sites for hydroxylation is 3. The number of benzene rings is 2. The average molecular weight is 572 g/mol. The van der Waals surface area contributed by atoms with Crippen molar-refractivity contribution in [3.05, 3.63) is 63.7 Å². The number of halogens is 1. The van der Waals surface area contributed by atoms with Crippen molar-refractivity contribution in [3.8, 4) is 0 Å². The summed E-state index contributed by atoms with van der Waals surface area (Å²) in [7, 11) is 0. The normalized spacial score (nSPS) is 14.1. The summed E-state index contributed by atoms with van der Waals surface area (Å²) in [6, 6.07) is 9.34. The summed E-state index contributed by atoms with van der Waals surface area (Å²) < 4.78 is 5.50. The first kappa shape index (κ1) is 33.1. The number of nitrogens with zero attached hydrogens (tertiary/aromatic N) is 1. The SMILES string of the molecule is CCC(C)C(NC(=O)OC(C)(C)C)C(=O)N(C(C(=O)Nc1c(C)cccc1Cl)c1cc(C)ccc1C)C(C)(C)C. The largest absolute Gasteiger partial charge is 0.444 e. The monoisotopic (exact) mass is 571 g/mol. The Labute approximate surface area is 245 Å². The second-order valence-electron chi connectivity index (χ2n) is 12.6. The van der Waals surface area contributed by atoms with E-state index >= 15 is 0 Å². The molecule has 2 aromatic rings. The molecule has 3 unspecified atom stereocenters. The number of alkyl carbamates (subject to hydrolysis) is 1. The topological polar surface area (TPSA) is 87.7 Å². The first-order valence-corrected chi connectivity index (χ1v) is 14.2. The maximum absolute atomic E-state index is 14.5. The van der Waals surface area contributed by atoms with Crippen molar-refractivity contribution < 1.29 is 19.1 Å². The molecule has 2 N–H and O–H groups in total. The minimum atomic E-state index is -1.00. The first-order chi connectivity index (χ1) is 18.4. The molecule has 2 aromatic carbocycles. The van der Waals surface area contributed by atoms with Gasteiger partial charge in [0.25, 0.3) is 5.91 Å². The lowest BCUT2D eigenvalue weighted by Crippen LogP contribution is -2.59. The van der Waals surface area contributed by atoms with Crippen LogP contribution in [0.3, 0.4) is 0 Å². The van der Waals surface area contributed by atoms with E-state index in [1.54, 1.807) is 31.7 Å². The molecule has 3 atom stereocenters. The van der Waals surface area contributed by atoms with Crippen molar-refractivity contribution in [2.45, 2.75) is 106 Å². The molecule has 0 saturated heterocycles. The van der Waals surface area contributed by atoms with Crippen LogP contribution in [0.4, 0.5) is 10.5 Å². The first-order valence-electron chi connectivity index (χ1n) is 13.8. The lowest BCUT2D eigenvalue weighted by molar-refractivity contribution is -0.148. The third-order valence-electron chi connectivity index (χ3n) is 6.82. The fraction of sp³-hybridized carbons (Fsp3) is 0.531. The summed E-state index contributed by atoms with van der Waals surface area (Å²) >= 11 is 6.48. The number of hydrogen-bond acceptors (Lipinski definition) is 4. The average Bonchev–Trinajstić information content (AvgIpc) is 2.82. The minimum Gasteiger partial charge on any atom is -0.444 e. The van der Waals surface area contributed by atoms with Crippen LogP contribution in [0.2, 0.25) is 5.02 Å². The molecule has 0 heterocycles. The molecule has 0 aromatic heterocycles. The quantitative estimate of drug-likeness (QED) is 0.343. The van der Waals surface area contributed by atoms with E-state index < -0.39 is 35.2 Å². The highest BCUT2D eigenvalue weighted by molar-refractivity contribution is 6.34. The van der Waals surface area contributed by atoms with Crippen molar-refractivity contribution in [3.63, 3.8) is 0 Å². The van der Waals surface area contributed by atoms with Gasteiger partial charge in [0.15, 0.2) is 0 Å². The zero-order valence-corrected chi connectivity index (χ0v) is 26.6. The number of anilines is 1. The molecular weight excluding hydrogens is 526 g/mol. The lowest BCUT2D eigenvalue weighted by atomic mass is 9.89. The van der Waals surface area contributed by atoms with Gasteiger partial charge < -0.3 is 20.3 Å². The van der Waals surface area contributed by atoms with Crippen LogP contribution in [-0.2, 0) is 14.3 Å². The van der Waals surface area contributed by atoms with Crippen molar-refractivity contribution in [2.75, 3.05) is 5.32 Å². The van der Waals surface area contributed by atoms with Crippen LogP contribution in [0.1, 0.15) is 90.1 Å². The molecule has 0 spiro atoms. The van der Waals surface area contributed by atoms with E-state index in [9.17, 15) is 14.4 Å². The number of ether oxygens (including phenoxy) is 1. The Morgan fingerprint density at radius 3 is 2.12 bits per heavy atom.